The Labute approximate surface area is 147 Å². The van der Waals surface area contributed by atoms with E-state index in [2.05, 4.69) is 15.3 Å². The Bertz CT molecular complexity index is 703. The van der Waals surface area contributed by atoms with Gasteiger partial charge in [-0.15, -0.1) is 0 Å². The highest BCUT2D eigenvalue weighted by molar-refractivity contribution is 5.74. The third-order valence-corrected chi connectivity index (χ3v) is 4.86. The number of rotatable bonds is 4. The molecule has 3 unspecified atom stereocenters. The van der Waals surface area contributed by atoms with Crippen molar-refractivity contribution in [2.75, 3.05) is 13.1 Å². The largest absolute Gasteiger partial charge is 0.385 e. The molecule has 2 aromatic heterocycles. The first-order valence-electron chi connectivity index (χ1n) is 8.67. The van der Waals surface area contributed by atoms with Crippen molar-refractivity contribution in [3.8, 4) is 0 Å². The Morgan fingerprint density at radius 2 is 2.12 bits per heavy atom. The van der Waals surface area contributed by atoms with Crippen LogP contribution < -0.4 is 5.32 Å². The number of amides is 2. The second-order valence-corrected chi connectivity index (χ2v) is 6.64. The minimum absolute atomic E-state index is 0.00293. The molecule has 7 nitrogen and oxygen atoms in total. The zero-order valence-corrected chi connectivity index (χ0v) is 14.7. The summed E-state index contributed by atoms with van der Waals surface area (Å²) >= 11 is 0. The van der Waals surface area contributed by atoms with Crippen LogP contribution in [-0.2, 0) is 7.05 Å². The van der Waals surface area contributed by atoms with Crippen molar-refractivity contribution in [3.05, 3.63) is 48.3 Å². The van der Waals surface area contributed by atoms with E-state index in [0.717, 1.165) is 18.4 Å². The van der Waals surface area contributed by atoms with Crippen LogP contribution in [0.5, 0.6) is 0 Å². The van der Waals surface area contributed by atoms with Crippen LogP contribution in [0.3, 0.4) is 0 Å². The highest BCUT2D eigenvalue weighted by Gasteiger charge is 2.31. The third-order valence-electron chi connectivity index (χ3n) is 4.86. The molecule has 2 aromatic rings. The Morgan fingerprint density at radius 3 is 2.80 bits per heavy atom. The van der Waals surface area contributed by atoms with Gasteiger partial charge in [0.1, 0.15) is 11.9 Å². The summed E-state index contributed by atoms with van der Waals surface area (Å²) in [4.78, 5) is 22.6. The van der Waals surface area contributed by atoms with E-state index in [1.54, 1.807) is 23.5 Å². The standard InChI is InChI=1S/C18H25N5O2/c1-13(14-5-7-19-8-6-14)21-18(25)23-10-3-4-15(12-23)16(24)17-20-9-11-22(17)2/h5-9,11,13,15-16,24H,3-4,10,12H2,1-2H3,(H,21,25). The molecule has 25 heavy (non-hydrogen) atoms. The molecule has 3 atom stereocenters. The summed E-state index contributed by atoms with van der Waals surface area (Å²) in [5.74, 6) is 0.647. The summed E-state index contributed by atoms with van der Waals surface area (Å²) in [5, 5.41) is 13.7. The van der Waals surface area contributed by atoms with Crippen molar-refractivity contribution < 1.29 is 9.90 Å². The number of aromatic nitrogens is 3. The number of pyridine rings is 1. The number of nitrogens with one attached hydrogen (secondary N) is 1. The zero-order valence-electron chi connectivity index (χ0n) is 14.7. The van der Waals surface area contributed by atoms with Gasteiger partial charge in [-0.2, -0.15) is 0 Å². The van der Waals surface area contributed by atoms with E-state index in [1.165, 1.54) is 0 Å². The Hall–Kier alpha value is -2.41. The van der Waals surface area contributed by atoms with E-state index < -0.39 is 6.10 Å². The molecule has 0 aromatic carbocycles. The second-order valence-electron chi connectivity index (χ2n) is 6.64. The highest BCUT2D eigenvalue weighted by atomic mass is 16.3. The second kappa shape index (κ2) is 7.65. The molecule has 1 saturated heterocycles. The van der Waals surface area contributed by atoms with E-state index in [4.69, 9.17) is 0 Å². The molecule has 0 radical (unpaired) electrons. The van der Waals surface area contributed by atoms with Crippen LogP contribution in [0.4, 0.5) is 4.79 Å². The molecule has 0 aliphatic carbocycles. The number of urea groups is 1. The molecule has 2 N–H and O–H groups in total. The average molecular weight is 343 g/mol. The molecule has 0 bridgehead atoms. The Balaban J connectivity index is 1.61. The molecule has 134 valence electrons. The van der Waals surface area contributed by atoms with Crippen LogP contribution in [0.2, 0.25) is 0 Å². The van der Waals surface area contributed by atoms with Gasteiger partial charge in [-0.1, -0.05) is 0 Å². The molecular weight excluding hydrogens is 318 g/mol. The number of hydrogen-bond donors (Lipinski definition) is 2. The van der Waals surface area contributed by atoms with E-state index >= 15 is 0 Å². The lowest BCUT2D eigenvalue weighted by molar-refractivity contribution is 0.0529. The van der Waals surface area contributed by atoms with Crippen LogP contribution in [0, 0.1) is 5.92 Å². The molecule has 3 heterocycles. The minimum Gasteiger partial charge on any atom is -0.385 e. The number of carbonyl (C=O) groups is 1. The lowest BCUT2D eigenvalue weighted by atomic mass is 9.92. The van der Waals surface area contributed by atoms with Crippen LogP contribution >= 0.6 is 0 Å². The van der Waals surface area contributed by atoms with Gasteiger partial charge in [-0.05, 0) is 37.5 Å². The lowest BCUT2D eigenvalue weighted by Crippen LogP contribution is -2.47. The SMILES string of the molecule is CC(NC(=O)N1CCCC(C(O)c2nccn2C)C1)c1ccncc1. The van der Waals surface area contributed by atoms with Gasteiger partial charge in [0, 0.05) is 50.8 Å². The zero-order chi connectivity index (χ0) is 17.8. The number of aliphatic hydroxyl groups is 1. The monoisotopic (exact) mass is 343 g/mol. The number of aryl methyl sites for hydroxylation is 1. The fourth-order valence-corrected chi connectivity index (χ4v) is 3.34. The van der Waals surface area contributed by atoms with Crippen LogP contribution in [0.1, 0.15) is 43.3 Å². The first-order valence-corrected chi connectivity index (χ1v) is 8.67. The van der Waals surface area contributed by atoms with Gasteiger partial charge in [0.05, 0.1) is 6.04 Å². The summed E-state index contributed by atoms with van der Waals surface area (Å²) in [6.07, 6.45) is 8.05. The maximum atomic E-state index is 12.6. The van der Waals surface area contributed by atoms with Gasteiger partial charge in [0.15, 0.2) is 0 Å². The van der Waals surface area contributed by atoms with Gasteiger partial charge in [-0.3, -0.25) is 4.98 Å². The topological polar surface area (TPSA) is 83.3 Å². The Morgan fingerprint density at radius 1 is 1.36 bits per heavy atom. The summed E-state index contributed by atoms with van der Waals surface area (Å²) in [7, 11) is 1.87. The van der Waals surface area contributed by atoms with E-state index in [-0.39, 0.29) is 18.0 Å². The van der Waals surface area contributed by atoms with Crippen molar-refractivity contribution in [2.45, 2.75) is 31.9 Å². The number of nitrogens with zero attached hydrogens (tertiary/aromatic N) is 4. The number of piperidine rings is 1. The molecule has 0 saturated carbocycles. The molecule has 1 fully saturated rings. The van der Waals surface area contributed by atoms with E-state index in [1.807, 2.05) is 36.9 Å². The van der Waals surface area contributed by atoms with Gasteiger partial charge in [0.2, 0.25) is 0 Å². The molecule has 7 heteroatoms. The van der Waals surface area contributed by atoms with Gasteiger partial charge >= 0.3 is 6.03 Å². The van der Waals surface area contributed by atoms with Gasteiger partial charge in [-0.25, -0.2) is 9.78 Å². The van der Waals surface area contributed by atoms with Crippen LogP contribution in [0.25, 0.3) is 0 Å². The molecule has 0 spiro atoms. The predicted molar refractivity (Wildman–Crippen MR) is 93.6 cm³/mol. The number of hydrogen-bond acceptors (Lipinski definition) is 4. The van der Waals surface area contributed by atoms with Crippen LogP contribution in [-0.4, -0.2) is 43.7 Å². The molecule has 1 aliphatic rings. The molecule has 2 amide bonds. The molecular formula is C18H25N5O2. The van der Waals surface area contributed by atoms with Crippen molar-refractivity contribution >= 4 is 6.03 Å². The maximum absolute atomic E-state index is 12.6. The number of likely N-dealkylation sites (tertiary alicyclic amines) is 1. The summed E-state index contributed by atoms with van der Waals surface area (Å²) in [6, 6.07) is 3.61. The quantitative estimate of drug-likeness (QED) is 0.890. The van der Waals surface area contributed by atoms with E-state index in [0.29, 0.717) is 18.9 Å². The normalized spacial score (nSPS) is 20.1. The number of carbonyl (C=O) groups excluding carboxylic acids is 1. The number of imidazole rings is 1. The van der Waals surface area contributed by atoms with Gasteiger partial charge < -0.3 is 19.9 Å². The van der Waals surface area contributed by atoms with Crippen molar-refractivity contribution in [1.82, 2.24) is 24.8 Å². The predicted octanol–water partition coefficient (Wildman–Crippen LogP) is 2.03. The first-order chi connectivity index (χ1) is 12.1. The fourth-order valence-electron chi connectivity index (χ4n) is 3.34. The smallest absolute Gasteiger partial charge is 0.317 e. The Kier molecular flexibility index (Phi) is 5.33. The summed E-state index contributed by atoms with van der Waals surface area (Å²) in [5.41, 5.74) is 1.02. The van der Waals surface area contributed by atoms with Crippen molar-refractivity contribution in [2.24, 2.45) is 13.0 Å². The minimum atomic E-state index is -0.659. The van der Waals surface area contributed by atoms with Crippen molar-refractivity contribution in [1.29, 1.82) is 0 Å². The number of aliphatic hydroxyl groups excluding tert-OH is 1. The molecule has 3 rings (SSSR count). The fraction of sp³-hybridized carbons (Fsp3) is 0.500. The maximum Gasteiger partial charge on any atom is 0.317 e. The van der Waals surface area contributed by atoms with Gasteiger partial charge in [0.25, 0.3) is 0 Å². The summed E-state index contributed by atoms with van der Waals surface area (Å²) < 4.78 is 1.83. The molecule has 1 aliphatic heterocycles. The summed E-state index contributed by atoms with van der Waals surface area (Å²) in [6.45, 7) is 3.19. The van der Waals surface area contributed by atoms with E-state index in [9.17, 15) is 9.90 Å². The average Bonchev–Trinajstić information content (AvgIpc) is 3.07. The van der Waals surface area contributed by atoms with Crippen molar-refractivity contribution in [3.63, 3.8) is 0 Å². The highest BCUT2D eigenvalue weighted by Crippen LogP contribution is 2.29. The lowest BCUT2D eigenvalue weighted by Gasteiger charge is -2.35. The third kappa shape index (κ3) is 3.99. The first kappa shape index (κ1) is 17.4. The van der Waals surface area contributed by atoms with Crippen LogP contribution in [0.15, 0.2) is 36.9 Å².